The third-order valence-corrected chi connectivity index (χ3v) is 4.28. The SMILES string of the molecule is COc1cc(CCC(=O)NNC(=S)NC2CCCC2)cc(OC)c1. The minimum atomic E-state index is -0.118. The van der Waals surface area contributed by atoms with Crippen molar-refractivity contribution in [3.63, 3.8) is 0 Å². The van der Waals surface area contributed by atoms with Crippen LogP contribution in [0.4, 0.5) is 0 Å². The first-order chi connectivity index (χ1) is 11.6. The van der Waals surface area contributed by atoms with E-state index in [1.165, 1.54) is 12.8 Å². The molecule has 3 N–H and O–H groups in total. The summed E-state index contributed by atoms with van der Waals surface area (Å²) in [5, 5.41) is 3.68. The number of carbonyl (C=O) groups excluding carboxylic acids is 1. The molecule has 0 aliphatic heterocycles. The Morgan fingerprint density at radius 3 is 2.33 bits per heavy atom. The largest absolute Gasteiger partial charge is 0.497 e. The highest BCUT2D eigenvalue weighted by Crippen LogP contribution is 2.23. The van der Waals surface area contributed by atoms with Gasteiger partial charge in [-0.25, -0.2) is 0 Å². The van der Waals surface area contributed by atoms with Crippen LogP contribution < -0.4 is 25.6 Å². The quantitative estimate of drug-likeness (QED) is 0.538. The van der Waals surface area contributed by atoms with Crippen LogP contribution in [0.1, 0.15) is 37.7 Å². The molecule has 1 fully saturated rings. The normalized spacial score (nSPS) is 14.1. The molecular weight excluding hydrogens is 326 g/mol. The van der Waals surface area contributed by atoms with Gasteiger partial charge in [0, 0.05) is 18.5 Å². The van der Waals surface area contributed by atoms with Crippen LogP contribution in [-0.2, 0) is 11.2 Å². The molecule has 0 spiro atoms. The van der Waals surface area contributed by atoms with Crippen molar-refractivity contribution < 1.29 is 14.3 Å². The third kappa shape index (κ3) is 5.88. The van der Waals surface area contributed by atoms with Gasteiger partial charge >= 0.3 is 0 Å². The maximum Gasteiger partial charge on any atom is 0.238 e. The molecule has 0 aromatic heterocycles. The van der Waals surface area contributed by atoms with Gasteiger partial charge in [-0.3, -0.25) is 15.6 Å². The van der Waals surface area contributed by atoms with Crippen LogP contribution in [-0.4, -0.2) is 31.3 Å². The van der Waals surface area contributed by atoms with Crippen LogP contribution in [0.25, 0.3) is 0 Å². The van der Waals surface area contributed by atoms with E-state index in [1.54, 1.807) is 20.3 Å². The zero-order chi connectivity index (χ0) is 17.4. The van der Waals surface area contributed by atoms with E-state index in [0.29, 0.717) is 35.5 Å². The van der Waals surface area contributed by atoms with Crippen LogP contribution >= 0.6 is 12.2 Å². The molecular formula is C17H25N3O3S. The van der Waals surface area contributed by atoms with Crippen molar-refractivity contribution >= 4 is 23.2 Å². The fourth-order valence-electron chi connectivity index (χ4n) is 2.75. The number of amides is 1. The fourth-order valence-corrected chi connectivity index (χ4v) is 2.97. The van der Waals surface area contributed by atoms with Crippen molar-refractivity contribution in [2.45, 2.75) is 44.6 Å². The Hall–Kier alpha value is -2.02. The van der Waals surface area contributed by atoms with Crippen LogP contribution in [0.5, 0.6) is 11.5 Å². The van der Waals surface area contributed by atoms with Crippen molar-refractivity contribution in [3.8, 4) is 11.5 Å². The van der Waals surface area contributed by atoms with Crippen molar-refractivity contribution in [2.75, 3.05) is 14.2 Å². The molecule has 1 aromatic rings. The van der Waals surface area contributed by atoms with Crippen LogP contribution in [0.3, 0.4) is 0 Å². The maximum absolute atomic E-state index is 11.9. The van der Waals surface area contributed by atoms with E-state index < -0.39 is 0 Å². The first-order valence-electron chi connectivity index (χ1n) is 8.18. The number of carbonyl (C=O) groups is 1. The highest BCUT2D eigenvalue weighted by molar-refractivity contribution is 7.80. The number of hydrogen-bond donors (Lipinski definition) is 3. The van der Waals surface area contributed by atoms with Gasteiger partial charge in [-0.1, -0.05) is 12.8 Å². The number of ether oxygens (including phenoxy) is 2. The molecule has 1 aliphatic carbocycles. The molecule has 132 valence electrons. The Morgan fingerprint density at radius 1 is 1.12 bits per heavy atom. The van der Waals surface area contributed by atoms with Gasteiger partial charge in [-0.05, 0) is 49.2 Å². The summed E-state index contributed by atoms with van der Waals surface area (Å²) < 4.78 is 10.5. The average molecular weight is 351 g/mol. The lowest BCUT2D eigenvalue weighted by Gasteiger charge is -2.16. The van der Waals surface area contributed by atoms with E-state index in [-0.39, 0.29) is 5.91 Å². The summed E-state index contributed by atoms with van der Waals surface area (Å²) in [4.78, 5) is 11.9. The number of methoxy groups -OCH3 is 2. The molecule has 0 heterocycles. The summed E-state index contributed by atoms with van der Waals surface area (Å²) in [5.74, 6) is 1.31. The topological polar surface area (TPSA) is 71.6 Å². The molecule has 7 heteroatoms. The van der Waals surface area contributed by atoms with Gasteiger partial charge in [-0.15, -0.1) is 0 Å². The van der Waals surface area contributed by atoms with Crippen molar-refractivity contribution in [3.05, 3.63) is 23.8 Å². The first-order valence-corrected chi connectivity index (χ1v) is 8.59. The molecule has 0 saturated heterocycles. The number of nitrogens with one attached hydrogen (secondary N) is 3. The summed E-state index contributed by atoms with van der Waals surface area (Å²) >= 11 is 5.18. The van der Waals surface area contributed by atoms with Crippen LogP contribution in [0.2, 0.25) is 0 Å². The molecule has 0 bridgehead atoms. The molecule has 1 aromatic carbocycles. The minimum absolute atomic E-state index is 0.118. The third-order valence-electron chi connectivity index (χ3n) is 4.06. The zero-order valence-corrected chi connectivity index (χ0v) is 15.0. The lowest BCUT2D eigenvalue weighted by atomic mass is 10.1. The molecule has 6 nitrogen and oxygen atoms in total. The predicted molar refractivity (Wildman–Crippen MR) is 97.1 cm³/mol. The van der Waals surface area contributed by atoms with Gasteiger partial charge < -0.3 is 14.8 Å². The average Bonchev–Trinajstić information content (AvgIpc) is 3.10. The van der Waals surface area contributed by atoms with Gasteiger partial charge in [0.15, 0.2) is 5.11 Å². The molecule has 1 amide bonds. The van der Waals surface area contributed by atoms with Crippen molar-refractivity contribution in [1.82, 2.24) is 16.2 Å². The van der Waals surface area contributed by atoms with Gasteiger partial charge in [0.25, 0.3) is 0 Å². The zero-order valence-electron chi connectivity index (χ0n) is 14.2. The van der Waals surface area contributed by atoms with Gasteiger partial charge in [0.2, 0.25) is 5.91 Å². The maximum atomic E-state index is 11.9. The van der Waals surface area contributed by atoms with Crippen molar-refractivity contribution in [1.29, 1.82) is 0 Å². The molecule has 0 radical (unpaired) electrons. The summed E-state index contributed by atoms with van der Waals surface area (Å²) in [6, 6.07) is 6.02. The van der Waals surface area contributed by atoms with E-state index >= 15 is 0 Å². The van der Waals surface area contributed by atoms with Crippen molar-refractivity contribution in [2.24, 2.45) is 0 Å². The Morgan fingerprint density at radius 2 is 1.75 bits per heavy atom. The van der Waals surface area contributed by atoms with E-state index in [0.717, 1.165) is 18.4 Å². The summed E-state index contributed by atoms with van der Waals surface area (Å²) in [6.45, 7) is 0. The number of hydrogen-bond acceptors (Lipinski definition) is 4. The van der Waals surface area contributed by atoms with E-state index in [1.807, 2.05) is 12.1 Å². The Bertz CT molecular complexity index is 552. The molecule has 1 saturated carbocycles. The second kappa shape index (κ2) is 9.32. The molecule has 1 aliphatic rings. The number of thiocarbonyl (C=S) groups is 1. The lowest BCUT2D eigenvalue weighted by Crippen LogP contribution is -2.49. The summed E-state index contributed by atoms with van der Waals surface area (Å²) in [7, 11) is 3.21. The van der Waals surface area contributed by atoms with E-state index in [9.17, 15) is 4.79 Å². The smallest absolute Gasteiger partial charge is 0.238 e. The van der Waals surface area contributed by atoms with E-state index in [4.69, 9.17) is 21.7 Å². The monoisotopic (exact) mass is 351 g/mol. The Balaban J connectivity index is 1.73. The number of hydrazine groups is 1. The molecule has 2 rings (SSSR count). The Kier molecular flexibility index (Phi) is 7.11. The Labute approximate surface area is 148 Å². The first kappa shape index (κ1) is 18.3. The highest BCUT2D eigenvalue weighted by Gasteiger charge is 2.15. The van der Waals surface area contributed by atoms with Gasteiger partial charge in [0.1, 0.15) is 11.5 Å². The van der Waals surface area contributed by atoms with Gasteiger partial charge in [-0.2, -0.15) is 0 Å². The molecule has 0 unspecified atom stereocenters. The number of rotatable bonds is 6. The summed E-state index contributed by atoms with van der Waals surface area (Å²) in [6.07, 6.45) is 5.66. The second-order valence-electron chi connectivity index (χ2n) is 5.85. The highest BCUT2D eigenvalue weighted by atomic mass is 32.1. The molecule has 24 heavy (non-hydrogen) atoms. The lowest BCUT2D eigenvalue weighted by molar-refractivity contribution is -0.121. The van der Waals surface area contributed by atoms with Gasteiger partial charge in [0.05, 0.1) is 14.2 Å². The standard InChI is InChI=1S/C17H25N3O3S/c1-22-14-9-12(10-15(11-14)23-2)7-8-16(21)19-20-17(24)18-13-5-3-4-6-13/h9-11,13H,3-8H2,1-2H3,(H,19,21)(H2,18,20,24). The van der Waals surface area contributed by atoms with E-state index in [2.05, 4.69) is 16.2 Å². The second-order valence-corrected chi connectivity index (χ2v) is 6.26. The minimum Gasteiger partial charge on any atom is -0.497 e. The number of aryl methyl sites for hydroxylation is 1. The molecule has 0 atom stereocenters. The number of benzene rings is 1. The summed E-state index contributed by atoms with van der Waals surface area (Å²) in [5.41, 5.74) is 6.37. The van der Waals surface area contributed by atoms with Crippen LogP contribution in [0.15, 0.2) is 18.2 Å². The van der Waals surface area contributed by atoms with Crippen LogP contribution in [0, 0.1) is 0 Å². The fraction of sp³-hybridized carbons (Fsp3) is 0.529. The predicted octanol–water partition coefficient (Wildman–Crippen LogP) is 2.07.